The molecule has 4 aromatic rings. The van der Waals surface area contributed by atoms with Gasteiger partial charge in [0.25, 0.3) is 0 Å². The fraction of sp³-hybridized carbons (Fsp3) is 0.281. The van der Waals surface area contributed by atoms with E-state index in [4.69, 9.17) is 10.8 Å². The number of rotatable bonds is 10. The van der Waals surface area contributed by atoms with Crippen molar-refractivity contribution in [1.29, 1.82) is 0 Å². The van der Waals surface area contributed by atoms with Gasteiger partial charge in [0, 0.05) is 49.6 Å². The number of nitrogens with two attached hydrogens (primary N) is 1. The number of hydrogen-bond acceptors (Lipinski definition) is 5. The molecule has 7 nitrogen and oxygen atoms in total. The van der Waals surface area contributed by atoms with Crippen LogP contribution >= 0.6 is 27.0 Å². The largest absolute Gasteiger partial charge is 0.416 e. The van der Waals surface area contributed by atoms with Crippen molar-refractivity contribution in [2.45, 2.75) is 32.0 Å². The highest BCUT2D eigenvalue weighted by atomic mass is 32.1. The number of ketones is 1. The lowest BCUT2D eigenvalue weighted by Gasteiger charge is -2.38. The highest BCUT2D eigenvalue weighted by molar-refractivity contribution is 7.59. The molecular weight excluding hydrogens is 627 g/mol. The van der Waals surface area contributed by atoms with E-state index >= 15 is 0 Å². The fourth-order valence-electron chi connectivity index (χ4n) is 5.65. The number of nitrogens with one attached hydrogen (secondary N) is 1. The van der Waals surface area contributed by atoms with Crippen LogP contribution in [0.2, 0.25) is 0 Å². The number of anilines is 1. The first-order valence-electron chi connectivity index (χ1n) is 14.0. The van der Waals surface area contributed by atoms with Crippen LogP contribution in [0.15, 0.2) is 78.9 Å². The van der Waals surface area contributed by atoms with Gasteiger partial charge in [-0.15, -0.1) is 0 Å². The second-order valence-corrected chi connectivity index (χ2v) is 10.3. The molecule has 0 unspecified atom stereocenters. The summed E-state index contributed by atoms with van der Waals surface area (Å²) >= 11 is 0. The number of amides is 1. The molecule has 1 aromatic heterocycles. The lowest BCUT2D eigenvalue weighted by atomic mass is 9.74. The summed E-state index contributed by atoms with van der Waals surface area (Å²) in [5.74, 6) is -2.63. The normalized spacial score (nSPS) is 16.0. The lowest BCUT2D eigenvalue weighted by molar-refractivity contribution is -0.137. The summed E-state index contributed by atoms with van der Waals surface area (Å²) in [4.78, 5) is 29.4. The van der Waals surface area contributed by atoms with Crippen LogP contribution in [0.3, 0.4) is 0 Å². The topological polar surface area (TPSA) is 93.2 Å². The molecule has 0 spiro atoms. The Labute approximate surface area is 272 Å². The Morgan fingerprint density at radius 2 is 1.69 bits per heavy atom. The molecule has 1 aliphatic heterocycles. The molecule has 2 atom stereocenters. The van der Waals surface area contributed by atoms with Crippen LogP contribution in [-0.4, -0.2) is 41.1 Å². The molecule has 45 heavy (non-hydrogen) atoms. The van der Waals surface area contributed by atoms with Crippen molar-refractivity contribution in [2.75, 3.05) is 24.5 Å². The first-order valence-corrected chi connectivity index (χ1v) is 14.0. The molecule has 1 aliphatic rings. The van der Waals surface area contributed by atoms with Crippen LogP contribution in [0.4, 0.5) is 23.4 Å². The van der Waals surface area contributed by atoms with Gasteiger partial charge in [-0.25, -0.2) is 9.07 Å². The summed E-state index contributed by atoms with van der Waals surface area (Å²) in [6, 6.07) is 19.2. The first-order chi connectivity index (χ1) is 20.6. The van der Waals surface area contributed by atoms with E-state index in [-0.39, 0.29) is 51.4 Å². The number of benzene rings is 3. The Balaban J connectivity index is 0.00000276. The van der Waals surface area contributed by atoms with Gasteiger partial charge < -0.3 is 11.1 Å². The summed E-state index contributed by atoms with van der Waals surface area (Å²) < 4.78 is 56.0. The molecule has 0 radical (unpaired) electrons. The standard InChI is InChI=1S/C32H31F4N5O2.2H2S/c1-2-40-30-29(26(19-38-16-15-37)39-41(30)24-9-4-3-5-10-24)28(20-11-13-23(33)14-12-20)25(31(40)43)18-27(42)21-7-6-8-22(17-21)32(34,35)36;;/h3-14,17,25,28,38H,2,15-16,18-19,37H2,1H3;2*1H2/t25-,28+;;/m0../s1. The van der Waals surface area contributed by atoms with Gasteiger partial charge >= 0.3 is 6.18 Å². The average Bonchev–Trinajstić information content (AvgIpc) is 3.37. The Bertz CT molecular complexity index is 1610. The zero-order valence-electron chi connectivity index (χ0n) is 24.4. The Hall–Kier alpha value is -3.65. The number of hydrogen-bond donors (Lipinski definition) is 2. The molecule has 0 bridgehead atoms. The van der Waals surface area contributed by atoms with E-state index in [1.165, 1.54) is 24.3 Å². The third kappa shape index (κ3) is 7.43. The maximum Gasteiger partial charge on any atom is 0.416 e. The maximum atomic E-state index is 14.3. The number of carbonyl (C=O) groups is 2. The second kappa shape index (κ2) is 15.1. The van der Waals surface area contributed by atoms with Gasteiger partial charge in [0.05, 0.1) is 22.9 Å². The van der Waals surface area contributed by atoms with Crippen LogP contribution < -0.4 is 16.0 Å². The third-order valence-corrected chi connectivity index (χ3v) is 7.60. The summed E-state index contributed by atoms with van der Waals surface area (Å²) in [7, 11) is 0. The van der Waals surface area contributed by atoms with E-state index in [0.717, 1.165) is 12.1 Å². The predicted molar refractivity (Wildman–Crippen MR) is 175 cm³/mol. The van der Waals surface area contributed by atoms with Crippen LogP contribution in [-0.2, 0) is 17.5 Å². The lowest BCUT2D eigenvalue weighted by Crippen LogP contribution is -2.45. The van der Waals surface area contributed by atoms with Crippen molar-refractivity contribution >= 4 is 44.5 Å². The Morgan fingerprint density at radius 3 is 2.31 bits per heavy atom. The molecule has 3 aromatic carbocycles. The summed E-state index contributed by atoms with van der Waals surface area (Å²) in [5, 5.41) is 8.16. The van der Waals surface area contributed by atoms with Gasteiger partial charge in [0.2, 0.25) is 5.91 Å². The SMILES string of the molecule is CCN1C(=O)[C@@H](CC(=O)c2cccc(C(F)(F)F)c2)[C@@H](c2ccc(F)cc2)c2c(CNCCN)nn(-c3ccccc3)c21.S.S. The van der Waals surface area contributed by atoms with E-state index < -0.39 is 35.2 Å². The van der Waals surface area contributed by atoms with Crippen LogP contribution in [0, 0.1) is 11.7 Å². The average molecular weight is 662 g/mol. The van der Waals surface area contributed by atoms with Crippen molar-refractivity contribution in [2.24, 2.45) is 11.7 Å². The number of carbonyl (C=O) groups excluding carboxylic acids is 2. The van der Waals surface area contributed by atoms with Crippen LogP contribution in [0.1, 0.15) is 52.0 Å². The number of halogens is 4. The number of alkyl halides is 3. The number of fused-ring (bicyclic) bond motifs is 1. The molecule has 2 heterocycles. The van der Waals surface area contributed by atoms with Crippen molar-refractivity contribution in [3.8, 4) is 5.69 Å². The third-order valence-electron chi connectivity index (χ3n) is 7.60. The minimum absolute atomic E-state index is 0. The maximum absolute atomic E-state index is 14.3. The Morgan fingerprint density at radius 1 is 1.00 bits per heavy atom. The number of aromatic nitrogens is 2. The van der Waals surface area contributed by atoms with Crippen LogP contribution in [0.25, 0.3) is 5.69 Å². The van der Waals surface area contributed by atoms with Crippen LogP contribution in [0.5, 0.6) is 0 Å². The van der Waals surface area contributed by atoms with Gasteiger partial charge in [0.15, 0.2) is 5.78 Å². The quantitative estimate of drug-likeness (QED) is 0.129. The van der Waals surface area contributed by atoms with Crippen molar-refractivity contribution in [1.82, 2.24) is 15.1 Å². The molecule has 13 heteroatoms. The summed E-state index contributed by atoms with van der Waals surface area (Å²) in [6.45, 7) is 3.25. The van der Waals surface area contributed by atoms with E-state index in [0.29, 0.717) is 48.0 Å². The number of para-hydroxylation sites is 1. The molecule has 0 aliphatic carbocycles. The minimum atomic E-state index is -4.63. The number of Topliss-reactive ketones (excluding diaryl/α,β-unsaturated/α-hetero) is 1. The van der Waals surface area contributed by atoms with E-state index in [1.54, 1.807) is 28.6 Å². The molecule has 0 saturated heterocycles. The van der Waals surface area contributed by atoms with Crippen molar-refractivity contribution < 1.29 is 27.2 Å². The van der Waals surface area contributed by atoms with Gasteiger partial charge in [-0.1, -0.05) is 42.5 Å². The van der Waals surface area contributed by atoms with Gasteiger partial charge in [-0.3, -0.25) is 14.5 Å². The molecule has 5 rings (SSSR count). The highest BCUT2D eigenvalue weighted by Crippen LogP contribution is 2.47. The molecule has 240 valence electrons. The van der Waals surface area contributed by atoms with E-state index in [2.05, 4.69) is 5.32 Å². The molecule has 1 amide bonds. The van der Waals surface area contributed by atoms with E-state index in [9.17, 15) is 27.2 Å². The summed E-state index contributed by atoms with van der Waals surface area (Å²) in [6.07, 6.45) is -4.98. The number of nitrogens with zero attached hydrogens (tertiary/aromatic N) is 3. The second-order valence-electron chi connectivity index (χ2n) is 10.3. The summed E-state index contributed by atoms with van der Waals surface area (Å²) in [5.41, 5.74) is 7.22. The van der Waals surface area contributed by atoms with Crippen molar-refractivity contribution in [3.05, 3.63) is 113 Å². The first kappa shape index (κ1) is 35.8. The molecular formula is C32H35F4N5O2S2. The molecule has 0 saturated carbocycles. The van der Waals surface area contributed by atoms with E-state index in [1.807, 2.05) is 30.3 Å². The van der Waals surface area contributed by atoms with Crippen molar-refractivity contribution in [3.63, 3.8) is 0 Å². The monoisotopic (exact) mass is 661 g/mol. The predicted octanol–water partition coefficient (Wildman–Crippen LogP) is 5.69. The smallest absolute Gasteiger partial charge is 0.329 e. The minimum Gasteiger partial charge on any atom is -0.329 e. The zero-order valence-corrected chi connectivity index (χ0v) is 26.4. The highest BCUT2D eigenvalue weighted by Gasteiger charge is 2.46. The van der Waals surface area contributed by atoms with Gasteiger partial charge in [0.1, 0.15) is 11.6 Å². The van der Waals surface area contributed by atoms with Gasteiger partial charge in [-0.05, 0) is 48.9 Å². The molecule has 3 N–H and O–H groups in total. The zero-order chi connectivity index (χ0) is 30.7. The fourth-order valence-corrected chi connectivity index (χ4v) is 5.65. The molecule has 0 fully saturated rings. The Kier molecular flexibility index (Phi) is 12.0. The van der Waals surface area contributed by atoms with Gasteiger partial charge in [-0.2, -0.15) is 45.3 Å².